The maximum absolute atomic E-state index is 14.8. The number of nitro benzene ring substituents is 1. The summed E-state index contributed by atoms with van der Waals surface area (Å²) in [6.07, 6.45) is -0.309. The topological polar surface area (TPSA) is 102 Å². The van der Waals surface area contributed by atoms with Crippen LogP contribution in [0.3, 0.4) is 0 Å². The second-order valence-corrected chi connectivity index (χ2v) is 8.75. The van der Waals surface area contributed by atoms with Crippen LogP contribution < -0.4 is 9.46 Å². The van der Waals surface area contributed by atoms with E-state index in [1.807, 2.05) is 0 Å². The van der Waals surface area contributed by atoms with Crippen molar-refractivity contribution >= 4 is 16.7 Å². The zero-order valence-corrected chi connectivity index (χ0v) is 14.9. The maximum atomic E-state index is 14.8. The van der Waals surface area contributed by atoms with Crippen LogP contribution in [0.25, 0.3) is 0 Å². The number of hydrogen-bond acceptors (Lipinski definition) is 5. The summed E-state index contributed by atoms with van der Waals surface area (Å²) in [5.41, 5.74) is -2.84. The van der Waals surface area contributed by atoms with Gasteiger partial charge in [-0.15, -0.1) is 0 Å². The number of non-ortho nitro benzene ring substituents is 1. The van der Waals surface area contributed by atoms with Crippen molar-refractivity contribution < 1.29 is 27.8 Å². The molecule has 2 rings (SSSR count). The number of benzene rings is 1. The molecular formula is C15H20F2N2O5S. The molecule has 0 unspecified atom stereocenters. The molecule has 1 aromatic carbocycles. The number of halogens is 2. The zero-order valence-electron chi connectivity index (χ0n) is 14.0. The maximum Gasteiger partial charge on any atom is 0.293 e. The van der Waals surface area contributed by atoms with Gasteiger partial charge >= 0.3 is 0 Å². The van der Waals surface area contributed by atoms with E-state index in [0.29, 0.717) is 0 Å². The number of rotatable bonds is 5. The summed E-state index contributed by atoms with van der Waals surface area (Å²) in [6, 6.07) is 3.36. The summed E-state index contributed by atoms with van der Waals surface area (Å²) in [6.45, 7) is 3.19. The molecule has 1 aromatic rings. The second kappa shape index (κ2) is 6.58. The minimum Gasteiger partial charge on any atom is -0.493 e. The molecule has 1 heterocycles. The second-order valence-electron chi connectivity index (χ2n) is 6.79. The molecule has 1 aliphatic heterocycles. The Morgan fingerprint density at radius 2 is 2.08 bits per heavy atom. The molecule has 0 bridgehead atoms. The van der Waals surface area contributed by atoms with Gasteiger partial charge in [-0.25, -0.2) is 17.7 Å². The zero-order chi connectivity index (χ0) is 19.0. The van der Waals surface area contributed by atoms with E-state index in [1.54, 1.807) is 20.8 Å². The number of aliphatic hydroxyl groups is 1. The molecule has 7 nitrogen and oxygen atoms in total. The van der Waals surface area contributed by atoms with Gasteiger partial charge < -0.3 is 9.84 Å². The van der Waals surface area contributed by atoms with Crippen LogP contribution >= 0.6 is 0 Å². The van der Waals surface area contributed by atoms with Crippen LogP contribution in [0.4, 0.5) is 14.5 Å². The minimum absolute atomic E-state index is 0.0309. The van der Waals surface area contributed by atoms with Crippen molar-refractivity contribution in [3.05, 3.63) is 33.9 Å². The highest BCUT2D eigenvalue weighted by Gasteiger charge is 2.58. The van der Waals surface area contributed by atoms with E-state index in [0.717, 1.165) is 12.1 Å². The third kappa shape index (κ3) is 3.51. The number of nitrogens with zero attached hydrogens (tertiary/aromatic N) is 1. The van der Waals surface area contributed by atoms with Crippen LogP contribution in [0.1, 0.15) is 32.8 Å². The van der Waals surface area contributed by atoms with Crippen molar-refractivity contribution in [1.82, 2.24) is 4.72 Å². The van der Waals surface area contributed by atoms with E-state index < -0.39 is 44.4 Å². The molecule has 10 heteroatoms. The quantitative estimate of drug-likeness (QED) is 0.604. The lowest BCUT2D eigenvalue weighted by Crippen LogP contribution is -2.61. The van der Waals surface area contributed by atoms with Gasteiger partial charge in [-0.05, 0) is 26.8 Å². The third-order valence-electron chi connectivity index (χ3n) is 4.01. The minimum atomic E-state index is -3.72. The van der Waals surface area contributed by atoms with Gasteiger partial charge in [0.25, 0.3) is 11.6 Å². The van der Waals surface area contributed by atoms with Crippen LogP contribution in [-0.2, 0) is 16.5 Å². The summed E-state index contributed by atoms with van der Waals surface area (Å²) in [5, 5.41) is 20.3. The van der Waals surface area contributed by atoms with Crippen molar-refractivity contribution in [3.63, 3.8) is 0 Å². The van der Waals surface area contributed by atoms with Crippen LogP contribution in [0.15, 0.2) is 18.2 Å². The highest BCUT2D eigenvalue weighted by atomic mass is 32.2. The normalized spacial score (nSPS) is 22.0. The van der Waals surface area contributed by atoms with E-state index in [2.05, 4.69) is 4.72 Å². The molecule has 0 spiro atoms. The first-order valence-corrected chi connectivity index (χ1v) is 8.70. The molecule has 0 amide bonds. The molecular weight excluding hydrogens is 358 g/mol. The van der Waals surface area contributed by atoms with Crippen molar-refractivity contribution in [2.45, 2.75) is 43.4 Å². The Bertz CT molecular complexity index is 708. The Hall–Kier alpha value is -1.65. The van der Waals surface area contributed by atoms with Gasteiger partial charge in [0.2, 0.25) is 0 Å². The Morgan fingerprint density at radius 3 is 2.60 bits per heavy atom. The molecule has 0 radical (unpaired) electrons. The van der Waals surface area contributed by atoms with Gasteiger partial charge in [-0.2, -0.15) is 0 Å². The fourth-order valence-electron chi connectivity index (χ4n) is 2.55. The molecule has 25 heavy (non-hydrogen) atoms. The Morgan fingerprint density at radius 1 is 1.44 bits per heavy atom. The van der Waals surface area contributed by atoms with Crippen molar-refractivity contribution in [2.75, 3.05) is 13.2 Å². The third-order valence-corrected chi connectivity index (χ3v) is 5.66. The van der Waals surface area contributed by atoms with Gasteiger partial charge in [0, 0.05) is 24.1 Å². The SMILES string of the molecule is CC(C)(C)[S@](=O)N[C@]1(C(F)(F)CO)CCOc2ccc([N+](=O)[O-])cc21. The molecule has 0 fully saturated rings. The van der Waals surface area contributed by atoms with Gasteiger partial charge in [0.05, 0.1) is 27.3 Å². The smallest absolute Gasteiger partial charge is 0.293 e. The number of alkyl halides is 2. The highest BCUT2D eigenvalue weighted by Crippen LogP contribution is 2.48. The molecule has 0 saturated carbocycles. The summed E-state index contributed by atoms with van der Waals surface area (Å²) in [7, 11) is -1.91. The molecule has 0 aromatic heterocycles. The highest BCUT2D eigenvalue weighted by molar-refractivity contribution is 7.84. The molecule has 140 valence electrons. The molecule has 0 aliphatic carbocycles. The van der Waals surface area contributed by atoms with E-state index in [1.165, 1.54) is 6.07 Å². The van der Waals surface area contributed by atoms with Crippen molar-refractivity contribution in [2.24, 2.45) is 0 Å². The van der Waals surface area contributed by atoms with Crippen LogP contribution in [0.5, 0.6) is 5.75 Å². The first-order valence-electron chi connectivity index (χ1n) is 7.55. The van der Waals surface area contributed by atoms with E-state index in [9.17, 15) is 28.2 Å². The van der Waals surface area contributed by atoms with Crippen LogP contribution in [0.2, 0.25) is 0 Å². The van der Waals surface area contributed by atoms with Crippen LogP contribution in [-0.4, -0.2) is 38.1 Å². The number of nitro groups is 1. The fraction of sp³-hybridized carbons (Fsp3) is 0.600. The van der Waals surface area contributed by atoms with Gasteiger partial charge in [0.1, 0.15) is 17.9 Å². The van der Waals surface area contributed by atoms with Gasteiger partial charge in [-0.3, -0.25) is 10.1 Å². The van der Waals surface area contributed by atoms with E-state index in [-0.39, 0.29) is 24.3 Å². The number of fused-ring (bicyclic) bond motifs is 1. The van der Waals surface area contributed by atoms with E-state index >= 15 is 0 Å². The fourth-order valence-corrected chi connectivity index (χ4v) is 3.53. The van der Waals surface area contributed by atoms with E-state index in [4.69, 9.17) is 4.74 Å². The first kappa shape index (κ1) is 19.7. The number of ether oxygens (including phenoxy) is 1. The molecule has 1 aliphatic rings. The molecule has 2 atom stereocenters. The summed E-state index contributed by atoms with van der Waals surface area (Å²) >= 11 is 0. The number of aliphatic hydroxyl groups excluding tert-OH is 1. The summed E-state index contributed by atoms with van der Waals surface area (Å²) < 4.78 is 49.0. The Labute approximate surface area is 146 Å². The first-order chi connectivity index (χ1) is 11.4. The summed E-state index contributed by atoms with van der Waals surface area (Å²) in [4.78, 5) is 10.3. The average Bonchev–Trinajstić information content (AvgIpc) is 2.53. The Kier molecular flexibility index (Phi) is 5.18. The van der Waals surface area contributed by atoms with Crippen molar-refractivity contribution in [3.8, 4) is 5.75 Å². The molecule has 2 N–H and O–H groups in total. The monoisotopic (exact) mass is 378 g/mol. The lowest BCUT2D eigenvalue weighted by atomic mass is 9.80. The number of hydrogen-bond donors (Lipinski definition) is 2. The Balaban J connectivity index is 2.68. The van der Waals surface area contributed by atoms with Crippen molar-refractivity contribution in [1.29, 1.82) is 0 Å². The largest absolute Gasteiger partial charge is 0.493 e. The average molecular weight is 378 g/mol. The predicted molar refractivity (Wildman–Crippen MR) is 88.0 cm³/mol. The summed E-state index contributed by atoms with van der Waals surface area (Å²) in [5.74, 6) is -3.69. The lowest BCUT2D eigenvalue weighted by Gasteiger charge is -2.44. The predicted octanol–water partition coefficient (Wildman–Crippen LogP) is 2.25. The number of nitrogens with one attached hydrogen (secondary N) is 1. The molecule has 0 saturated heterocycles. The standard InChI is InChI=1S/C15H20F2N2O5S/c1-13(2,3)25(23)18-14(15(16,17)9-20)6-7-24-12-5-4-10(19(21)22)8-11(12)14/h4-5,8,18,20H,6-7,9H2,1-3H3/t14-,25+/m1/s1. The van der Waals surface area contributed by atoms with Crippen LogP contribution in [0, 0.1) is 10.1 Å². The lowest BCUT2D eigenvalue weighted by molar-refractivity contribution is -0.385. The van der Waals surface area contributed by atoms with Gasteiger partial charge in [-0.1, -0.05) is 0 Å². The van der Waals surface area contributed by atoms with Gasteiger partial charge in [0.15, 0.2) is 0 Å².